The second kappa shape index (κ2) is 6.55. The largest absolute Gasteiger partial charge is 0.492 e. The van der Waals surface area contributed by atoms with Crippen molar-refractivity contribution in [2.75, 3.05) is 19.7 Å². The zero-order valence-corrected chi connectivity index (χ0v) is 12.8. The molecule has 1 saturated heterocycles. The molecule has 0 saturated carbocycles. The average Bonchev–Trinajstić information content (AvgIpc) is 2.46. The molecule has 2 heterocycles. The van der Waals surface area contributed by atoms with Gasteiger partial charge in [0.25, 0.3) is 0 Å². The molecule has 20 heavy (non-hydrogen) atoms. The monoisotopic (exact) mass is 278 g/mol. The lowest BCUT2D eigenvalue weighted by atomic mass is 9.85. The van der Waals surface area contributed by atoms with Crippen molar-refractivity contribution in [1.29, 1.82) is 0 Å². The van der Waals surface area contributed by atoms with Gasteiger partial charge < -0.3 is 14.7 Å². The first-order valence-electron chi connectivity index (χ1n) is 7.60. The lowest BCUT2D eigenvalue weighted by Crippen LogP contribution is -2.45. The lowest BCUT2D eigenvalue weighted by molar-refractivity contribution is -0.0327. The molecule has 2 rings (SSSR count). The van der Waals surface area contributed by atoms with Gasteiger partial charge in [0, 0.05) is 30.9 Å². The van der Waals surface area contributed by atoms with Crippen LogP contribution in [0, 0.1) is 0 Å². The number of hydrogen-bond donors (Lipinski definition) is 1. The van der Waals surface area contributed by atoms with Crippen molar-refractivity contribution < 1.29 is 9.84 Å². The van der Waals surface area contributed by atoms with Crippen LogP contribution in [0.2, 0.25) is 0 Å². The van der Waals surface area contributed by atoms with E-state index < -0.39 is 5.60 Å². The van der Waals surface area contributed by atoms with Crippen molar-refractivity contribution in [2.24, 2.45) is 0 Å². The minimum Gasteiger partial charge on any atom is -0.492 e. The van der Waals surface area contributed by atoms with Crippen LogP contribution in [0.15, 0.2) is 18.5 Å². The highest BCUT2D eigenvalue weighted by atomic mass is 16.5. The highest BCUT2D eigenvalue weighted by Gasteiger charge is 2.35. The Balaban J connectivity index is 2.07. The van der Waals surface area contributed by atoms with E-state index in [9.17, 15) is 5.11 Å². The highest BCUT2D eigenvalue weighted by Crippen LogP contribution is 2.34. The fraction of sp³-hybridized carbons (Fsp3) is 0.688. The Bertz CT molecular complexity index is 426. The van der Waals surface area contributed by atoms with Crippen LogP contribution >= 0.6 is 0 Å². The van der Waals surface area contributed by atoms with Gasteiger partial charge in [0.2, 0.25) is 0 Å². The molecule has 112 valence electrons. The Labute approximate surface area is 121 Å². The zero-order chi connectivity index (χ0) is 14.6. The van der Waals surface area contributed by atoms with Gasteiger partial charge in [0.1, 0.15) is 5.75 Å². The molecular formula is C16H26N2O2. The van der Waals surface area contributed by atoms with E-state index >= 15 is 0 Å². The van der Waals surface area contributed by atoms with Crippen LogP contribution in [0.25, 0.3) is 0 Å². The molecular weight excluding hydrogens is 252 g/mol. The Kier molecular flexibility index (Phi) is 5.00. The first-order chi connectivity index (χ1) is 9.55. The number of likely N-dealkylation sites (tertiary alicyclic amines) is 1. The number of aliphatic hydroxyl groups is 1. The molecule has 0 spiro atoms. The van der Waals surface area contributed by atoms with E-state index in [0.29, 0.717) is 12.6 Å². The molecule has 1 N–H and O–H groups in total. The Morgan fingerprint density at radius 1 is 1.35 bits per heavy atom. The summed E-state index contributed by atoms with van der Waals surface area (Å²) in [5.74, 6) is 0.754. The van der Waals surface area contributed by atoms with Gasteiger partial charge in [0.15, 0.2) is 0 Å². The first-order valence-corrected chi connectivity index (χ1v) is 7.60. The standard InChI is InChI=1S/C16H26N2O2/c1-4-9-20-15-10-14(11-17-12-15)16(19)5-7-18(8-6-16)13(2)3/h10-13,19H,4-9H2,1-3H3. The van der Waals surface area contributed by atoms with Crippen LogP contribution in [0.1, 0.15) is 45.6 Å². The molecule has 1 fully saturated rings. The molecule has 4 nitrogen and oxygen atoms in total. The van der Waals surface area contributed by atoms with E-state index in [-0.39, 0.29) is 0 Å². The van der Waals surface area contributed by atoms with Crippen molar-refractivity contribution in [3.05, 3.63) is 24.0 Å². The van der Waals surface area contributed by atoms with Crippen LogP contribution in [0.5, 0.6) is 5.75 Å². The maximum absolute atomic E-state index is 10.9. The summed E-state index contributed by atoms with van der Waals surface area (Å²) in [5.41, 5.74) is 0.124. The predicted molar refractivity (Wildman–Crippen MR) is 79.9 cm³/mol. The molecule has 1 aliphatic rings. The second-order valence-corrected chi connectivity index (χ2v) is 5.92. The Hall–Kier alpha value is -1.13. The van der Waals surface area contributed by atoms with Gasteiger partial charge in [-0.2, -0.15) is 0 Å². The molecule has 1 aromatic heterocycles. The van der Waals surface area contributed by atoms with Gasteiger partial charge in [-0.3, -0.25) is 4.98 Å². The molecule has 1 aromatic rings. The van der Waals surface area contributed by atoms with E-state index in [0.717, 1.165) is 43.7 Å². The fourth-order valence-corrected chi connectivity index (χ4v) is 2.67. The van der Waals surface area contributed by atoms with Crippen molar-refractivity contribution in [2.45, 2.75) is 51.7 Å². The molecule has 0 aliphatic carbocycles. The van der Waals surface area contributed by atoms with Gasteiger partial charge in [-0.05, 0) is 39.2 Å². The maximum Gasteiger partial charge on any atom is 0.137 e. The minimum atomic E-state index is -0.760. The Morgan fingerprint density at radius 2 is 2.05 bits per heavy atom. The first kappa shape index (κ1) is 15.3. The van der Waals surface area contributed by atoms with Crippen LogP contribution in [-0.4, -0.2) is 40.7 Å². The van der Waals surface area contributed by atoms with Crippen molar-refractivity contribution in [3.63, 3.8) is 0 Å². The van der Waals surface area contributed by atoms with Gasteiger partial charge in [0.05, 0.1) is 18.4 Å². The van der Waals surface area contributed by atoms with Crippen LogP contribution in [0.4, 0.5) is 0 Å². The lowest BCUT2D eigenvalue weighted by Gasteiger charge is -2.40. The topological polar surface area (TPSA) is 45.6 Å². The summed E-state index contributed by atoms with van der Waals surface area (Å²) in [6.45, 7) is 9.01. The van der Waals surface area contributed by atoms with Crippen LogP contribution < -0.4 is 4.74 Å². The number of rotatable bonds is 5. The zero-order valence-electron chi connectivity index (χ0n) is 12.8. The quantitative estimate of drug-likeness (QED) is 0.899. The fourth-order valence-electron chi connectivity index (χ4n) is 2.67. The van der Waals surface area contributed by atoms with Gasteiger partial charge in [-0.1, -0.05) is 6.92 Å². The highest BCUT2D eigenvalue weighted by molar-refractivity contribution is 5.28. The summed E-state index contributed by atoms with van der Waals surface area (Å²) in [4.78, 5) is 6.62. The van der Waals surface area contributed by atoms with Crippen LogP contribution in [-0.2, 0) is 5.60 Å². The SMILES string of the molecule is CCCOc1cncc(C2(O)CCN(C(C)C)CC2)c1. The summed E-state index contributed by atoms with van der Waals surface area (Å²) in [7, 11) is 0. The third kappa shape index (κ3) is 3.49. The predicted octanol–water partition coefficient (Wildman–Crippen LogP) is 2.56. The van der Waals surface area contributed by atoms with Gasteiger partial charge in [-0.25, -0.2) is 0 Å². The number of hydrogen-bond acceptors (Lipinski definition) is 4. The van der Waals surface area contributed by atoms with E-state index in [1.807, 2.05) is 6.07 Å². The van der Waals surface area contributed by atoms with E-state index in [1.54, 1.807) is 12.4 Å². The van der Waals surface area contributed by atoms with E-state index in [4.69, 9.17) is 4.74 Å². The smallest absolute Gasteiger partial charge is 0.137 e. The Morgan fingerprint density at radius 3 is 2.65 bits per heavy atom. The number of aromatic nitrogens is 1. The second-order valence-electron chi connectivity index (χ2n) is 5.92. The van der Waals surface area contributed by atoms with Crippen molar-refractivity contribution in [1.82, 2.24) is 9.88 Å². The van der Waals surface area contributed by atoms with Crippen molar-refractivity contribution in [3.8, 4) is 5.75 Å². The third-order valence-corrected chi connectivity index (χ3v) is 4.08. The molecule has 0 bridgehead atoms. The summed E-state index contributed by atoms with van der Waals surface area (Å²) in [5, 5.41) is 10.9. The summed E-state index contributed by atoms with van der Waals surface area (Å²) in [6.07, 6.45) is 5.96. The van der Waals surface area contributed by atoms with E-state index in [1.165, 1.54) is 0 Å². The molecule has 0 unspecified atom stereocenters. The number of ether oxygens (including phenoxy) is 1. The molecule has 1 aliphatic heterocycles. The summed E-state index contributed by atoms with van der Waals surface area (Å²) < 4.78 is 5.61. The van der Waals surface area contributed by atoms with Crippen LogP contribution in [0.3, 0.4) is 0 Å². The molecule has 0 amide bonds. The molecule has 0 radical (unpaired) electrons. The molecule has 4 heteroatoms. The summed E-state index contributed by atoms with van der Waals surface area (Å²) in [6, 6.07) is 2.48. The number of piperidine rings is 1. The van der Waals surface area contributed by atoms with Gasteiger partial charge in [-0.15, -0.1) is 0 Å². The maximum atomic E-state index is 10.9. The number of nitrogens with zero attached hydrogens (tertiary/aromatic N) is 2. The minimum absolute atomic E-state index is 0.539. The van der Waals surface area contributed by atoms with Gasteiger partial charge >= 0.3 is 0 Å². The normalized spacial score (nSPS) is 19.2. The third-order valence-electron chi connectivity index (χ3n) is 4.08. The number of pyridine rings is 1. The average molecular weight is 278 g/mol. The van der Waals surface area contributed by atoms with E-state index in [2.05, 4.69) is 30.7 Å². The summed E-state index contributed by atoms with van der Waals surface area (Å²) >= 11 is 0. The molecule has 0 atom stereocenters. The molecule has 0 aromatic carbocycles. The van der Waals surface area contributed by atoms with Crippen molar-refractivity contribution >= 4 is 0 Å².